The fourth-order valence-electron chi connectivity index (χ4n) is 2.39. The minimum absolute atomic E-state index is 0.0885. The number of anilines is 1. The Morgan fingerprint density at radius 2 is 2.12 bits per heavy atom. The zero-order valence-electron chi connectivity index (χ0n) is 13.9. The first-order valence-corrected chi connectivity index (χ1v) is 9.53. The lowest BCUT2D eigenvalue weighted by atomic mass is 10.1. The predicted molar refractivity (Wildman–Crippen MR) is 102 cm³/mol. The molecule has 0 atom stereocenters. The van der Waals surface area contributed by atoms with E-state index in [0.717, 1.165) is 21.5 Å². The van der Waals surface area contributed by atoms with Crippen molar-refractivity contribution in [1.82, 2.24) is 9.97 Å². The molecule has 0 fully saturated rings. The topological polar surface area (TPSA) is 78.7 Å². The Hall–Kier alpha value is -2.43. The Labute approximate surface area is 154 Å². The van der Waals surface area contributed by atoms with Crippen molar-refractivity contribution in [1.29, 1.82) is 5.26 Å². The third-order valence-corrected chi connectivity index (χ3v) is 5.46. The Morgan fingerprint density at radius 3 is 2.88 bits per heavy atom. The minimum atomic E-state index is -0.0885. The van der Waals surface area contributed by atoms with Gasteiger partial charge in [0, 0.05) is 17.9 Å². The van der Waals surface area contributed by atoms with E-state index in [1.165, 1.54) is 23.1 Å². The van der Waals surface area contributed by atoms with Gasteiger partial charge in [-0.15, -0.1) is 11.8 Å². The Balaban J connectivity index is 1.59. The van der Waals surface area contributed by atoms with Crippen molar-refractivity contribution in [3.05, 3.63) is 47.2 Å². The summed E-state index contributed by atoms with van der Waals surface area (Å²) in [5.41, 5.74) is 3.26. The SMILES string of the molecule is Cc1cc(C)c(C#N)c(SCCC(=O)Nc2nc3ccccc3s2)n1. The first-order chi connectivity index (χ1) is 12.1. The number of thiazole rings is 1. The molecule has 1 amide bonds. The molecule has 2 heterocycles. The molecule has 25 heavy (non-hydrogen) atoms. The highest BCUT2D eigenvalue weighted by molar-refractivity contribution is 7.99. The second-order valence-corrected chi connectivity index (χ2v) is 7.62. The summed E-state index contributed by atoms with van der Waals surface area (Å²) in [6, 6.07) is 11.9. The third kappa shape index (κ3) is 4.16. The maximum Gasteiger partial charge on any atom is 0.226 e. The maximum atomic E-state index is 12.1. The molecule has 0 spiro atoms. The molecule has 3 aromatic rings. The van der Waals surface area contributed by atoms with Gasteiger partial charge in [0.15, 0.2) is 5.13 Å². The smallest absolute Gasteiger partial charge is 0.226 e. The van der Waals surface area contributed by atoms with Crippen molar-refractivity contribution in [2.24, 2.45) is 0 Å². The number of hydrogen-bond acceptors (Lipinski definition) is 6. The molecule has 0 aliphatic rings. The summed E-state index contributed by atoms with van der Waals surface area (Å²) in [7, 11) is 0. The third-order valence-electron chi connectivity index (χ3n) is 3.53. The molecule has 0 bridgehead atoms. The molecule has 0 saturated carbocycles. The van der Waals surface area contributed by atoms with Crippen molar-refractivity contribution in [2.45, 2.75) is 25.3 Å². The van der Waals surface area contributed by atoms with Gasteiger partial charge in [-0.1, -0.05) is 23.5 Å². The van der Waals surface area contributed by atoms with Gasteiger partial charge in [0.1, 0.15) is 11.1 Å². The number of aryl methyl sites for hydroxylation is 2. The van der Waals surface area contributed by atoms with Gasteiger partial charge in [-0.3, -0.25) is 4.79 Å². The molecule has 0 aliphatic heterocycles. The number of nitriles is 1. The van der Waals surface area contributed by atoms with Gasteiger partial charge < -0.3 is 5.32 Å². The molecule has 1 aromatic carbocycles. The average Bonchev–Trinajstić information content (AvgIpc) is 2.96. The van der Waals surface area contributed by atoms with Crippen LogP contribution < -0.4 is 5.32 Å². The molecule has 0 unspecified atom stereocenters. The predicted octanol–water partition coefficient (Wildman–Crippen LogP) is 4.30. The van der Waals surface area contributed by atoms with Crippen molar-refractivity contribution in [3.8, 4) is 6.07 Å². The van der Waals surface area contributed by atoms with Gasteiger partial charge in [0.05, 0.1) is 15.8 Å². The number of aromatic nitrogens is 2. The fourth-order valence-corrected chi connectivity index (χ4v) is 4.31. The van der Waals surface area contributed by atoms with Crippen molar-refractivity contribution in [3.63, 3.8) is 0 Å². The van der Waals surface area contributed by atoms with Crippen LogP contribution in [0.3, 0.4) is 0 Å². The zero-order valence-corrected chi connectivity index (χ0v) is 15.5. The quantitative estimate of drug-likeness (QED) is 0.679. The molecule has 0 saturated heterocycles. The molecule has 5 nitrogen and oxygen atoms in total. The summed E-state index contributed by atoms with van der Waals surface area (Å²) in [6.45, 7) is 3.80. The van der Waals surface area contributed by atoms with E-state index in [4.69, 9.17) is 0 Å². The average molecular weight is 368 g/mol. The Kier molecular flexibility index (Phi) is 5.31. The maximum absolute atomic E-state index is 12.1. The highest BCUT2D eigenvalue weighted by atomic mass is 32.2. The van der Waals surface area contributed by atoms with E-state index < -0.39 is 0 Å². The van der Waals surface area contributed by atoms with Crippen molar-refractivity contribution >= 4 is 44.4 Å². The number of thioether (sulfide) groups is 1. The van der Waals surface area contributed by atoms with Crippen LogP contribution in [0.4, 0.5) is 5.13 Å². The number of fused-ring (bicyclic) bond motifs is 1. The standard InChI is InChI=1S/C18H16N4OS2/c1-11-9-12(2)20-17(13(11)10-19)24-8-7-16(23)22-18-21-14-5-3-4-6-15(14)25-18/h3-6,9H,7-8H2,1-2H3,(H,21,22,23). The number of pyridine rings is 1. The number of carbonyl (C=O) groups excluding carboxylic acids is 1. The van der Waals surface area contributed by atoms with Crippen LogP contribution in [0.1, 0.15) is 23.2 Å². The lowest BCUT2D eigenvalue weighted by molar-refractivity contribution is -0.115. The van der Waals surface area contributed by atoms with E-state index >= 15 is 0 Å². The molecule has 2 aromatic heterocycles. The highest BCUT2D eigenvalue weighted by Gasteiger charge is 2.11. The summed E-state index contributed by atoms with van der Waals surface area (Å²) in [6.07, 6.45) is 0.333. The van der Waals surface area contributed by atoms with Crippen molar-refractivity contribution in [2.75, 3.05) is 11.1 Å². The Morgan fingerprint density at radius 1 is 1.32 bits per heavy atom. The van der Waals surface area contributed by atoms with Crippen LogP contribution >= 0.6 is 23.1 Å². The van der Waals surface area contributed by atoms with Crippen LogP contribution in [0, 0.1) is 25.2 Å². The van der Waals surface area contributed by atoms with E-state index in [1.54, 1.807) is 0 Å². The number of nitrogens with one attached hydrogen (secondary N) is 1. The molecule has 0 aliphatic carbocycles. The fraction of sp³-hybridized carbons (Fsp3) is 0.222. The molecule has 3 rings (SSSR count). The van der Waals surface area contributed by atoms with Gasteiger partial charge in [-0.05, 0) is 37.6 Å². The first-order valence-electron chi connectivity index (χ1n) is 7.73. The molecular formula is C18H16N4OS2. The number of para-hydroxylation sites is 1. The molecule has 7 heteroatoms. The van der Waals surface area contributed by atoms with E-state index in [1.807, 2.05) is 44.2 Å². The highest BCUT2D eigenvalue weighted by Crippen LogP contribution is 2.26. The van der Waals surface area contributed by atoms with Crippen LogP contribution in [0.2, 0.25) is 0 Å². The number of amides is 1. The van der Waals surface area contributed by atoms with Crippen LogP contribution in [-0.4, -0.2) is 21.6 Å². The van der Waals surface area contributed by atoms with Gasteiger partial charge in [0.2, 0.25) is 5.91 Å². The second kappa shape index (κ2) is 7.64. The van der Waals surface area contributed by atoms with E-state index in [2.05, 4.69) is 21.4 Å². The lowest BCUT2D eigenvalue weighted by Gasteiger charge is -2.07. The number of hydrogen-bond donors (Lipinski definition) is 1. The summed E-state index contributed by atoms with van der Waals surface area (Å²) < 4.78 is 1.05. The summed E-state index contributed by atoms with van der Waals surface area (Å²) in [5, 5.41) is 13.4. The first kappa shape index (κ1) is 17.4. The van der Waals surface area contributed by atoms with Crippen LogP contribution in [-0.2, 0) is 4.79 Å². The van der Waals surface area contributed by atoms with Crippen LogP contribution in [0.15, 0.2) is 35.4 Å². The summed E-state index contributed by atoms with van der Waals surface area (Å²) >= 11 is 2.89. The minimum Gasteiger partial charge on any atom is -0.302 e. The van der Waals surface area contributed by atoms with E-state index in [9.17, 15) is 10.1 Å². The van der Waals surface area contributed by atoms with E-state index in [0.29, 0.717) is 27.9 Å². The van der Waals surface area contributed by atoms with Gasteiger partial charge in [0.25, 0.3) is 0 Å². The lowest BCUT2D eigenvalue weighted by Crippen LogP contribution is -2.12. The normalized spacial score (nSPS) is 10.6. The number of carbonyl (C=O) groups is 1. The number of benzene rings is 1. The van der Waals surface area contributed by atoms with Crippen molar-refractivity contribution < 1.29 is 4.79 Å². The summed E-state index contributed by atoms with van der Waals surface area (Å²) in [5.74, 6) is 0.468. The van der Waals surface area contributed by atoms with Gasteiger partial charge >= 0.3 is 0 Å². The largest absolute Gasteiger partial charge is 0.302 e. The Bertz CT molecular complexity index is 942. The molecule has 0 radical (unpaired) electrons. The number of nitrogens with zero attached hydrogens (tertiary/aromatic N) is 3. The monoisotopic (exact) mass is 368 g/mol. The second-order valence-electron chi connectivity index (χ2n) is 5.51. The zero-order chi connectivity index (χ0) is 17.8. The van der Waals surface area contributed by atoms with Gasteiger partial charge in [-0.25, -0.2) is 9.97 Å². The molecule has 126 valence electrons. The van der Waals surface area contributed by atoms with Crippen LogP contribution in [0.25, 0.3) is 10.2 Å². The summed E-state index contributed by atoms with van der Waals surface area (Å²) in [4.78, 5) is 20.9. The van der Waals surface area contributed by atoms with E-state index in [-0.39, 0.29) is 5.91 Å². The molecular weight excluding hydrogens is 352 g/mol. The number of rotatable bonds is 5. The molecule has 1 N–H and O–H groups in total. The van der Waals surface area contributed by atoms with Gasteiger partial charge in [-0.2, -0.15) is 5.26 Å². The van der Waals surface area contributed by atoms with Crippen LogP contribution in [0.5, 0.6) is 0 Å².